The molecule has 1 amide bonds. The van der Waals surface area contributed by atoms with Crippen LogP contribution in [0.1, 0.15) is 19.4 Å². The number of hydrogen-bond acceptors (Lipinski definition) is 1. The van der Waals surface area contributed by atoms with Crippen molar-refractivity contribution in [2.45, 2.75) is 32.0 Å². The molecule has 0 heterocycles. The first-order chi connectivity index (χ1) is 8.10. The van der Waals surface area contributed by atoms with Crippen molar-refractivity contribution in [3.63, 3.8) is 0 Å². The summed E-state index contributed by atoms with van der Waals surface area (Å²) < 4.78 is 37.5. The topological polar surface area (TPSA) is 29.1 Å². The quantitative estimate of drug-likeness (QED) is 0.812. The summed E-state index contributed by atoms with van der Waals surface area (Å²) in [7, 11) is 0. The molecule has 0 saturated carbocycles. The van der Waals surface area contributed by atoms with Crippen LogP contribution in [-0.2, 0) is 11.2 Å². The van der Waals surface area contributed by atoms with E-state index in [0.29, 0.717) is 6.42 Å². The molecule has 1 aromatic carbocycles. The number of alkyl halides is 3. The van der Waals surface area contributed by atoms with E-state index >= 15 is 0 Å². The Morgan fingerprint density at radius 3 is 2.17 bits per heavy atom. The van der Waals surface area contributed by atoms with Gasteiger partial charge in [-0.3, -0.25) is 4.79 Å². The van der Waals surface area contributed by atoms with E-state index in [1.165, 1.54) is 0 Å². The van der Waals surface area contributed by atoms with Crippen molar-refractivity contribution in [2.24, 2.45) is 0 Å². The summed E-state index contributed by atoms with van der Waals surface area (Å²) in [6.45, 7) is 3.13. The van der Waals surface area contributed by atoms with Gasteiger partial charge in [0.15, 0.2) is 0 Å². The van der Waals surface area contributed by atoms with Gasteiger partial charge in [-0.25, -0.2) is 0 Å². The first-order valence-corrected chi connectivity index (χ1v) is 6.32. The summed E-state index contributed by atoms with van der Waals surface area (Å²) in [5, 5.41) is 1.99. The molecule has 6 heteroatoms. The molecule has 0 aliphatic carbocycles. The molecule has 0 aliphatic rings. The number of benzene rings is 1. The fourth-order valence-electron chi connectivity index (χ4n) is 1.53. The monoisotopic (exact) mass is 371 g/mol. The average Bonchev–Trinajstić information content (AvgIpc) is 2.19. The van der Waals surface area contributed by atoms with Crippen LogP contribution < -0.4 is 5.32 Å². The normalized spacial score (nSPS) is 12.3. The number of hydrogen-bond donors (Lipinski definition) is 1. The highest BCUT2D eigenvalue weighted by atomic mass is 127. The molecule has 0 aliphatic heterocycles. The van der Waals surface area contributed by atoms with E-state index in [9.17, 15) is 18.0 Å². The van der Waals surface area contributed by atoms with Crippen molar-refractivity contribution in [3.8, 4) is 0 Å². The Morgan fingerprint density at radius 2 is 1.72 bits per heavy atom. The number of carbonyl (C=O) groups is 1. The molecule has 0 radical (unpaired) electrons. The predicted octanol–water partition coefficient (Wildman–Crippen LogP) is 3.29. The van der Waals surface area contributed by atoms with Gasteiger partial charge in [-0.05, 0) is 60.6 Å². The van der Waals surface area contributed by atoms with Crippen LogP contribution in [0.5, 0.6) is 0 Å². The van der Waals surface area contributed by atoms with Gasteiger partial charge in [0, 0.05) is 9.11 Å². The third-order valence-electron chi connectivity index (χ3n) is 2.27. The van der Waals surface area contributed by atoms with Gasteiger partial charge in [0.25, 0.3) is 0 Å². The molecular formula is C12H13F3INO. The number of amides is 1. The minimum atomic E-state index is -4.84. The van der Waals surface area contributed by atoms with Crippen LogP contribution in [0.2, 0.25) is 0 Å². The van der Waals surface area contributed by atoms with Crippen LogP contribution in [0.4, 0.5) is 13.2 Å². The molecule has 0 atom stereocenters. The molecular weight excluding hydrogens is 358 g/mol. The van der Waals surface area contributed by atoms with Gasteiger partial charge in [0.05, 0.1) is 0 Å². The highest BCUT2D eigenvalue weighted by Gasteiger charge is 2.41. The lowest BCUT2D eigenvalue weighted by molar-refractivity contribution is -0.175. The average molecular weight is 371 g/mol. The van der Waals surface area contributed by atoms with E-state index in [1.54, 1.807) is 13.8 Å². The van der Waals surface area contributed by atoms with Gasteiger partial charge in [-0.2, -0.15) is 13.2 Å². The Balaban J connectivity index is 2.70. The predicted molar refractivity (Wildman–Crippen MR) is 71.1 cm³/mol. The summed E-state index contributed by atoms with van der Waals surface area (Å²) in [5.41, 5.74) is -0.0674. The second kappa shape index (κ2) is 5.46. The van der Waals surface area contributed by atoms with E-state index in [0.717, 1.165) is 9.13 Å². The molecule has 0 fully saturated rings. The lowest BCUT2D eigenvalue weighted by Crippen LogP contribution is -2.50. The minimum absolute atomic E-state index is 0.339. The lowest BCUT2D eigenvalue weighted by atomic mass is 9.95. The van der Waals surface area contributed by atoms with Crippen LogP contribution >= 0.6 is 22.6 Å². The van der Waals surface area contributed by atoms with Gasteiger partial charge >= 0.3 is 12.1 Å². The number of nitrogens with one attached hydrogen (secondary N) is 1. The summed E-state index contributed by atoms with van der Waals surface area (Å²) in [6.07, 6.45) is -4.50. The maximum absolute atomic E-state index is 12.2. The summed E-state index contributed by atoms with van der Waals surface area (Å²) in [4.78, 5) is 10.9. The smallest absolute Gasteiger partial charge is 0.343 e. The molecule has 100 valence electrons. The van der Waals surface area contributed by atoms with Crippen molar-refractivity contribution in [3.05, 3.63) is 33.4 Å². The maximum atomic E-state index is 12.2. The summed E-state index contributed by atoms with van der Waals surface area (Å²) in [6, 6.07) is 7.42. The van der Waals surface area contributed by atoms with Crippen molar-refractivity contribution in [1.29, 1.82) is 0 Å². The highest BCUT2D eigenvalue weighted by Crippen LogP contribution is 2.19. The van der Waals surface area contributed by atoms with Crippen LogP contribution in [-0.4, -0.2) is 17.6 Å². The number of halogens is 4. The standard InChI is InChI=1S/C12H13F3INO/c1-11(2,17-10(18)12(13,14)15)7-8-3-5-9(16)6-4-8/h3-6H,7H2,1-2H3,(H,17,18). The Bertz CT molecular complexity index is 426. The largest absolute Gasteiger partial charge is 0.471 e. The van der Waals surface area contributed by atoms with Crippen LogP contribution in [0.3, 0.4) is 0 Å². The van der Waals surface area contributed by atoms with Gasteiger partial charge in [-0.15, -0.1) is 0 Å². The van der Waals surface area contributed by atoms with Crippen molar-refractivity contribution >= 4 is 28.5 Å². The van der Waals surface area contributed by atoms with Crippen molar-refractivity contribution in [1.82, 2.24) is 5.32 Å². The Morgan fingerprint density at radius 1 is 1.22 bits per heavy atom. The van der Waals surface area contributed by atoms with E-state index < -0.39 is 17.6 Å². The van der Waals surface area contributed by atoms with Crippen LogP contribution in [0.25, 0.3) is 0 Å². The maximum Gasteiger partial charge on any atom is 0.471 e. The Hall–Kier alpha value is -0.790. The van der Waals surface area contributed by atoms with Gasteiger partial charge in [0.1, 0.15) is 0 Å². The van der Waals surface area contributed by atoms with E-state index in [2.05, 4.69) is 22.6 Å². The number of carbonyl (C=O) groups excluding carboxylic acids is 1. The molecule has 0 unspecified atom stereocenters. The molecule has 0 spiro atoms. The summed E-state index contributed by atoms with van der Waals surface area (Å²) in [5.74, 6) is -1.90. The molecule has 18 heavy (non-hydrogen) atoms. The SMILES string of the molecule is CC(C)(Cc1ccc(I)cc1)NC(=O)C(F)(F)F. The molecule has 1 rings (SSSR count). The molecule has 1 N–H and O–H groups in total. The molecule has 1 aromatic rings. The molecule has 0 saturated heterocycles. The minimum Gasteiger partial charge on any atom is -0.343 e. The van der Waals surface area contributed by atoms with Gasteiger partial charge in [0.2, 0.25) is 0 Å². The van der Waals surface area contributed by atoms with E-state index in [1.807, 2.05) is 29.6 Å². The van der Waals surface area contributed by atoms with E-state index in [-0.39, 0.29) is 0 Å². The van der Waals surface area contributed by atoms with Crippen LogP contribution in [0.15, 0.2) is 24.3 Å². The van der Waals surface area contributed by atoms with Gasteiger partial charge in [-0.1, -0.05) is 12.1 Å². The zero-order chi connectivity index (χ0) is 14.0. The zero-order valence-corrected chi connectivity index (χ0v) is 12.1. The fraction of sp³-hybridized carbons (Fsp3) is 0.417. The fourth-order valence-corrected chi connectivity index (χ4v) is 1.89. The van der Waals surface area contributed by atoms with Crippen LogP contribution in [0, 0.1) is 3.57 Å². The zero-order valence-electron chi connectivity index (χ0n) is 9.94. The first kappa shape index (κ1) is 15.3. The van der Waals surface area contributed by atoms with Crippen molar-refractivity contribution in [2.75, 3.05) is 0 Å². The summed E-state index contributed by atoms with van der Waals surface area (Å²) >= 11 is 2.15. The highest BCUT2D eigenvalue weighted by molar-refractivity contribution is 14.1. The second-order valence-electron chi connectivity index (χ2n) is 4.64. The Kier molecular flexibility index (Phi) is 4.63. The second-order valence-corrected chi connectivity index (χ2v) is 5.88. The first-order valence-electron chi connectivity index (χ1n) is 5.24. The molecule has 0 aromatic heterocycles. The molecule has 0 bridgehead atoms. The number of rotatable bonds is 3. The third kappa shape index (κ3) is 4.83. The van der Waals surface area contributed by atoms with Gasteiger partial charge < -0.3 is 5.32 Å². The Labute approximate surface area is 117 Å². The van der Waals surface area contributed by atoms with Crippen molar-refractivity contribution < 1.29 is 18.0 Å². The molecule has 2 nitrogen and oxygen atoms in total. The lowest BCUT2D eigenvalue weighted by Gasteiger charge is -2.27. The van der Waals surface area contributed by atoms with E-state index in [4.69, 9.17) is 0 Å². The third-order valence-corrected chi connectivity index (χ3v) is 2.99.